The van der Waals surface area contributed by atoms with Crippen LogP contribution in [0.25, 0.3) is 32.8 Å². The molecule has 0 radical (unpaired) electrons. The van der Waals surface area contributed by atoms with Gasteiger partial charge in [0.25, 0.3) is 5.91 Å². The normalized spacial score (nSPS) is 24.4. The lowest BCUT2D eigenvalue weighted by Crippen LogP contribution is -2.57. The molecule has 2 N–H and O–H groups in total. The van der Waals surface area contributed by atoms with Crippen molar-refractivity contribution in [2.24, 2.45) is 17.3 Å². The number of hydrogen-bond donors (Lipinski definition) is 2. The SMILES string of the molecule is C=C[C@@H]1C[C@]1(NC(=O)[C@@H]1C[C@@H](Oc2nc3c4cc(Cl)ccc4oc3c3ccccc23)CN1C(=O)[C@@H](CC(=O)N1CCCCC1)C(C)(C)C)C(=O)NS(=O)(=O)C1CC1. The Kier molecular flexibility index (Phi) is 10.0. The Morgan fingerprint density at radius 1 is 1.07 bits per heavy atom. The maximum absolute atomic E-state index is 14.9. The van der Waals surface area contributed by atoms with Crippen LogP contribution in [0.3, 0.4) is 0 Å². The third-order valence-corrected chi connectivity index (χ3v) is 14.1. The number of fused-ring (bicyclic) bond motifs is 5. The molecular weight excluding hydrogens is 770 g/mol. The molecule has 15 heteroatoms. The van der Waals surface area contributed by atoms with Gasteiger partial charge >= 0.3 is 0 Å². The molecule has 4 aromatic rings. The van der Waals surface area contributed by atoms with Gasteiger partial charge in [0.15, 0.2) is 5.58 Å². The van der Waals surface area contributed by atoms with Crippen LogP contribution < -0.4 is 14.8 Å². The van der Waals surface area contributed by atoms with Crippen LogP contribution in [0.4, 0.5) is 0 Å². The summed E-state index contributed by atoms with van der Waals surface area (Å²) < 4.78 is 40.7. The Labute approximate surface area is 336 Å². The number of benzene rings is 2. The molecule has 4 amide bonds. The Hall–Kier alpha value is -4.69. The number of carbonyl (C=O) groups excluding carboxylic acids is 4. The molecule has 4 aliphatic rings. The van der Waals surface area contributed by atoms with Gasteiger partial charge in [-0.25, -0.2) is 13.4 Å². The predicted octanol–water partition coefficient (Wildman–Crippen LogP) is 5.87. The van der Waals surface area contributed by atoms with Crippen LogP contribution in [-0.2, 0) is 29.2 Å². The molecule has 2 aliphatic carbocycles. The number of furan rings is 1. The highest BCUT2D eigenvalue weighted by molar-refractivity contribution is 7.91. The summed E-state index contributed by atoms with van der Waals surface area (Å²) in [7, 11) is -3.90. The van der Waals surface area contributed by atoms with Crippen LogP contribution in [0.5, 0.6) is 5.88 Å². The Morgan fingerprint density at radius 2 is 1.79 bits per heavy atom. The zero-order valence-corrected chi connectivity index (χ0v) is 34.0. The second-order valence-electron chi connectivity index (χ2n) is 17.1. The number of halogens is 1. The fourth-order valence-electron chi connectivity index (χ4n) is 8.43. The monoisotopic (exact) mass is 817 g/mol. The van der Waals surface area contributed by atoms with Crippen LogP contribution in [0.2, 0.25) is 5.02 Å². The summed E-state index contributed by atoms with van der Waals surface area (Å²) in [6, 6.07) is 11.7. The molecular formula is C42H48ClN5O8S. The van der Waals surface area contributed by atoms with E-state index in [1.807, 2.05) is 49.9 Å². The zero-order valence-electron chi connectivity index (χ0n) is 32.4. The first-order chi connectivity index (χ1) is 27.1. The lowest BCUT2D eigenvalue weighted by Gasteiger charge is -2.36. The summed E-state index contributed by atoms with van der Waals surface area (Å²) in [6.07, 6.45) is 4.76. The standard InChI is InChI=1S/C42H48ClN5O8S/c1-5-24-22-42(24,40(52)46-57(53,54)27-14-15-27)45-37(50)32-20-26(23-48(32)39(51)31(41(2,3)4)21-34(49)47-17-9-6-10-18-47)55-38-29-12-8-7-11-28(29)36-35(44-38)30-19-25(43)13-16-33(30)56-36/h5,7-8,11-13,16,19,24,26-27,31-32H,1,6,9-10,14-15,17-18,20-23H2,2-4H3,(H,45,50)(H,46,52)/t24-,26-,31-,32+,42-/m1/s1. The van der Waals surface area contributed by atoms with Crippen molar-refractivity contribution in [2.45, 2.75) is 95.1 Å². The smallest absolute Gasteiger partial charge is 0.259 e. The molecule has 2 aliphatic heterocycles. The van der Waals surface area contributed by atoms with E-state index in [0.717, 1.165) is 24.6 Å². The van der Waals surface area contributed by atoms with Crippen molar-refractivity contribution in [3.8, 4) is 5.88 Å². The first-order valence-corrected chi connectivity index (χ1v) is 21.7. The summed E-state index contributed by atoms with van der Waals surface area (Å²) in [5.74, 6) is -2.95. The first-order valence-electron chi connectivity index (χ1n) is 19.8. The number of nitrogens with one attached hydrogen (secondary N) is 2. The molecule has 4 heterocycles. The average molecular weight is 818 g/mol. The molecule has 0 spiro atoms. The Bertz CT molecular complexity index is 2420. The molecule has 4 fully saturated rings. The van der Waals surface area contributed by atoms with Gasteiger partial charge in [-0.15, -0.1) is 6.58 Å². The number of likely N-dealkylation sites (tertiary alicyclic amines) is 2. The maximum Gasteiger partial charge on any atom is 0.259 e. The molecule has 2 aromatic carbocycles. The van der Waals surface area contributed by atoms with Crippen LogP contribution in [0, 0.1) is 17.3 Å². The topological polar surface area (TPSA) is 168 Å². The van der Waals surface area contributed by atoms with Crippen molar-refractivity contribution in [2.75, 3.05) is 19.6 Å². The number of ether oxygens (including phenoxy) is 1. The second kappa shape index (κ2) is 14.6. The van der Waals surface area contributed by atoms with E-state index in [9.17, 15) is 27.6 Å². The quantitative estimate of drug-likeness (QED) is 0.176. The van der Waals surface area contributed by atoms with Crippen molar-refractivity contribution in [1.29, 1.82) is 0 Å². The van der Waals surface area contributed by atoms with Crippen molar-refractivity contribution in [1.82, 2.24) is 24.8 Å². The number of piperidine rings is 1. The van der Waals surface area contributed by atoms with Gasteiger partial charge in [0.1, 0.15) is 28.8 Å². The van der Waals surface area contributed by atoms with E-state index in [1.54, 1.807) is 18.2 Å². The first kappa shape index (κ1) is 39.2. The van der Waals surface area contributed by atoms with Gasteiger partial charge in [0.05, 0.1) is 17.7 Å². The fraction of sp³-hybridized carbons (Fsp3) is 0.500. The zero-order chi connectivity index (χ0) is 40.4. The molecule has 2 saturated heterocycles. The van der Waals surface area contributed by atoms with Gasteiger partial charge in [-0.05, 0) is 68.2 Å². The molecule has 0 bridgehead atoms. The molecule has 302 valence electrons. The van der Waals surface area contributed by atoms with Crippen LogP contribution in [0.1, 0.15) is 72.1 Å². The number of aromatic nitrogens is 1. The Balaban J connectivity index is 1.13. The number of hydrogen-bond acceptors (Lipinski definition) is 9. The van der Waals surface area contributed by atoms with Gasteiger partial charge in [-0.3, -0.25) is 23.9 Å². The highest BCUT2D eigenvalue weighted by atomic mass is 35.5. The minimum absolute atomic E-state index is 0.00639. The van der Waals surface area contributed by atoms with Crippen LogP contribution in [0.15, 0.2) is 59.5 Å². The average Bonchev–Trinajstić information content (AvgIpc) is 4.09. The van der Waals surface area contributed by atoms with Crippen molar-refractivity contribution >= 4 is 78.1 Å². The summed E-state index contributed by atoms with van der Waals surface area (Å²) in [5.41, 5.74) is -0.488. The van der Waals surface area contributed by atoms with Gasteiger partial charge in [0, 0.05) is 53.0 Å². The van der Waals surface area contributed by atoms with E-state index in [1.165, 1.54) is 11.0 Å². The van der Waals surface area contributed by atoms with Gasteiger partial charge in [-0.1, -0.05) is 56.6 Å². The predicted molar refractivity (Wildman–Crippen MR) is 216 cm³/mol. The van der Waals surface area contributed by atoms with Crippen LogP contribution >= 0.6 is 11.6 Å². The lowest BCUT2D eigenvalue weighted by atomic mass is 9.77. The minimum Gasteiger partial charge on any atom is -0.472 e. The fourth-order valence-corrected chi connectivity index (χ4v) is 9.97. The highest BCUT2D eigenvalue weighted by Gasteiger charge is 2.62. The molecule has 5 atom stereocenters. The second-order valence-corrected chi connectivity index (χ2v) is 19.5. The third-order valence-electron chi connectivity index (χ3n) is 12.0. The number of rotatable bonds is 11. The van der Waals surface area contributed by atoms with E-state index in [-0.39, 0.29) is 43.5 Å². The number of nitrogens with zero attached hydrogens (tertiary/aromatic N) is 3. The molecule has 13 nitrogen and oxygen atoms in total. The maximum atomic E-state index is 14.9. The summed E-state index contributed by atoms with van der Waals surface area (Å²) in [4.78, 5) is 64.9. The largest absolute Gasteiger partial charge is 0.472 e. The summed E-state index contributed by atoms with van der Waals surface area (Å²) in [6.45, 7) is 10.8. The molecule has 8 rings (SSSR count). The van der Waals surface area contributed by atoms with E-state index >= 15 is 0 Å². The van der Waals surface area contributed by atoms with Gasteiger partial charge < -0.3 is 24.3 Å². The van der Waals surface area contributed by atoms with Gasteiger partial charge in [-0.2, -0.15) is 0 Å². The van der Waals surface area contributed by atoms with Crippen LogP contribution in [-0.4, -0.2) is 89.4 Å². The minimum atomic E-state index is -3.90. The van der Waals surface area contributed by atoms with E-state index in [2.05, 4.69) is 16.6 Å². The third kappa shape index (κ3) is 7.46. The molecule has 2 saturated carbocycles. The molecule has 2 aromatic heterocycles. The number of pyridine rings is 1. The Morgan fingerprint density at radius 3 is 2.46 bits per heavy atom. The number of carbonyl (C=O) groups is 4. The lowest BCUT2D eigenvalue weighted by molar-refractivity contribution is -0.148. The molecule has 0 unspecified atom stereocenters. The van der Waals surface area contributed by atoms with Gasteiger partial charge in [0.2, 0.25) is 33.6 Å². The highest BCUT2D eigenvalue weighted by Crippen LogP contribution is 2.46. The van der Waals surface area contributed by atoms with E-state index in [4.69, 9.17) is 25.7 Å². The van der Waals surface area contributed by atoms with E-state index < -0.39 is 62.0 Å². The van der Waals surface area contributed by atoms with E-state index in [0.29, 0.717) is 58.4 Å². The van der Waals surface area contributed by atoms with Crippen molar-refractivity contribution in [3.63, 3.8) is 0 Å². The van der Waals surface area contributed by atoms with Crippen molar-refractivity contribution in [3.05, 3.63) is 60.1 Å². The number of amides is 4. The molecule has 57 heavy (non-hydrogen) atoms. The van der Waals surface area contributed by atoms with Crippen molar-refractivity contribution < 1.29 is 36.7 Å². The summed E-state index contributed by atoms with van der Waals surface area (Å²) in [5, 5.41) is 4.85. The number of sulfonamides is 1. The summed E-state index contributed by atoms with van der Waals surface area (Å²) >= 11 is 6.37.